The zero-order valence-electron chi connectivity index (χ0n) is 9.98. The second-order valence-electron chi connectivity index (χ2n) is 4.45. The average molecular weight is 223 g/mol. The lowest BCUT2D eigenvalue weighted by atomic mass is 10.2. The van der Waals surface area contributed by atoms with E-state index in [9.17, 15) is 0 Å². The van der Waals surface area contributed by atoms with Crippen LogP contribution in [-0.4, -0.2) is 35.6 Å². The lowest BCUT2D eigenvalue weighted by Crippen LogP contribution is -2.22. The molecule has 16 heavy (non-hydrogen) atoms. The molecule has 4 heteroatoms. The largest absolute Gasteiger partial charge is 0.378 e. The van der Waals surface area contributed by atoms with Crippen LogP contribution in [0.25, 0.3) is 0 Å². The maximum absolute atomic E-state index is 5.57. The average Bonchev–Trinajstić information content (AvgIpc) is 2.89. The van der Waals surface area contributed by atoms with E-state index in [0.717, 1.165) is 32.5 Å². The summed E-state index contributed by atoms with van der Waals surface area (Å²) in [7, 11) is 1.95. The van der Waals surface area contributed by atoms with Gasteiger partial charge in [-0.1, -0.05) is 0 Å². The molecule has 0 bridgehead atoms. The molecule has 1 aliphatic heterocycles. The highest BCUT2D eigenvalue weighted by Crippen LogP contribution is 2.14. The fourth-order valence-electron chi connectivity index (χ4n) is 2.09. The summed E-state index contributed by atoms with van der Waals surface area (Å²) in [6, 6.07) is 0. The first kappa shape index (κ1) is 11.6. The molecule has 1 fully saturated rings. The highest BCUT2D eigenvalue weighted by molar-refractivity contribution is 5.03. The summed E-state index contributed by atoms with van der Waals surface area (Å²) in [5.74, 6) is 0. The molecular formula is C12H21N3O. The smallest absolute Gasteiger partial charge is 0.0588 e. The van der Waals surface area contributed by atoms with Crippen LogP contribution in [0.1, 0.15) is 24.8 Å². The van der Waals surface area contributed by atoms with Crippen LogP contribution in [0.3, 0.4) is 0 Å². The van der Waals surface area contributed by atoms with E-state index in [1.807, 2.05) is 17.9 Å². The molecule has 1 unspecified atom stereocenters. The molecule has 1 saturated heterocycles. The molecule has 2 rings (SSSR count). The molecule has 0 spiro atoms. The van der Waals surface area contributed by atoms with E-state index in [1.54, 1.807) is 0 Å². The standard InChI is InChI=1S/C12H21N3O/c1-15-10-11(9-14-15)4-6-13-7-5-12-3-2-8-16-12/h9-10,12-13H,2-8H2,1H3. The van der Waals surface area contributed by atoms with Crippen molar-refractivity contribution in [3.8, 4) is 0 Å². The molecule has 0 radical (unpaired) electrons. The van der Waals surface area contributed by atoms with Crippen molar-refractivity contribution in [3.05, 3.63) is 18.0 Å². The molecule has 1 N–H and O–H groups in total. The number of hydrogen-bond acceptors (Lipinski definition) is 3. The van der Waals surface area contributed by atoms with Gasteiger partial charge in [0, 0.05) is 19.9 Å². The third kappa shape index (κ3) is 3.61. The van der Waals surface area contributed by atoms with Crippen molar-refractivity contribution in [1.82, 2.24) is 15.1 Å². The van der Waals surface area contributed by atoms with Gasteiger partial charge in [0.25, 0.3) is 0 Å². The first-order valence-corrected chi connectivity index (χ1v) is 6.14. The van der Waals surface area contributed by atoms with Crippen molar-refractivity contribution < 1.29 is 4.74 Å². The molecule has 0 saturated carbocycles. The summed E-state index contributed by atoms with van der Waals surface area (Å²) in [4.78, 5) is 0. The SMILES string of the molecule is Cn1cc(CCNCCC2CCCO2)cn1. The van der Waals surface area contributed by atoms with E-state index < -0.39 is 0 Å². The van der Waals surface area contributed by atoms with Crippen LogP contribution in [0.15, 0.2) is 12.4 Å². The van der Waals surface area contributed by atoms with Gasteiger partial charge < -0.3 is 10.1 Å². The molecule has 2 heterocycles. The fraction of sp³-hybridized carbons (Fsp3) is 0.750. The van der Waals surface area contributed by atoms with Gasteiger partial charge in [0.1, 0.15) is 0 Å². The maximum Gasteiger partial charge on any atom is 0.0588 e. The normalized spacial score (nSPS) is 20.4. The van der Waals surface area contributed by atoms with Gasteiger partial charge in [0.2, 0.25) is 0 Å². The lowest BCUT2D eigenvalue weighted by Gasteiger charge is -2.09. The summed E-state index contributed by atoms with van der Waals surface area (Å²) in [6.45, 7) is 3.05. The van der Waals surface area contributed by atoms with Gasteiger partial charge in [-0.05, 0) is 44.3 Å². The van der Waals surface area contributed by atoms with Gasteiger partial charge in [0.15, 0.2) is 0 Å². The number of nitrogens with one attached hydrogen (secondary N) is 1. The molecule has 1 aromatic heterocycles. The number of nitrogens with zero attached hydrogens (tertiary/aromatic N) is 2. The number of rotatable bonds is 6. The van der Waals surface area contributed by atoms with Gasteiger partial charge in [0.05, 0.1) is 12.3 Å². The van der Waals surface area contributed by atoms with E-state index in [-0.39, 0.29) is 0 Å². The molecule has 1 aromatic rings. The Bertz CT molecular complexity index is 305. The summed E-state index contributed by atoms with van der Waals surface area (Å²) in [5, 5.41) is 7.60. The monoisotopic (exact) mass is 223 g/mol. The van der Waals surface area contributed by atoms with Gasteiger partial charge >= 0.3 is 0 Å². The topological polar surface area (TPSA) is 39.1 Å². The number of hydrogen-bond donors (Lipinski definition) is 1. The summed E-state index contributed by atoms with van der Waals surface area (Å²) < 4.78 is 7.42. The molecule has 4 nitrogen and oxygen atoms in total. The van der Waals surface area contributed by atoms with Crippen molar-refractivity contribution in [2.75, 3.05) is 19.7 Å². The molecular weight excluding hydrogens is 202 g/mol. The number of ether oxygens (including phenoxy) is 1. The second-order valence-corrected chi connectivity index (χ2v) is 4.45. The van der Waals surface area contributed by atoms with E-state index >= 15 is 0 Å². The lowest BCUT2D eigenvalue weighted by molar-refractivity contribution is 0.104. The number of aromatic nitrogens is 2. The van der Waals surface area contributed by atoms with Crippen LogP contribution in [0.4, 0.5) is 0 Å². The van der Waals surface area contributed by atoms with Crippen LogP contribution in [-0.2, 0) is 18.2 Å². The highest BCUT2D eigenvalue weighted by atomic mass is 16.5. The van der Waals surface area contributed by atoms with Gasteiger partial charge in [-0.3, -0.25) is 4.68 Å². The molecule has 0 amide bonds. The minimum absolute atomic E-state index is 0.505. The van der Waals surface area contributed by atoms with Gasteiger partial charge in [-0.25, -0.2) is 0 Å². The Morgan fingerprint density at radius 1 is 1.56 bits per heavy atom. The highest BCUT2D eigenvalue weighted by Gasteiger charge is 2.14. The third-order valence-corrected chi connectivity index (χ3v) is 3.02. The van der Waals surface area contributed by atoms with Crippen molar-refractivity contribution in [1.29, 1.82) is 0 Å². The Balaban J connectivity index is 1.51. The first-order valence-electron chi connectivity index (χ1n) is 6.14. The first-order chi connectivity index (χ1) is 7.84. The quantitative estimate of drug-likeness (QED) is 0.735. The van der Waals surface area contributed by atoms with Crippen molar-refractivity contribution in [2.45, 2.75) is 31.8 Å². The Morgan fingerprint density at radius 2 is 2.50 bits per heavy atom. The molecule has 1 aliphatic rings. The molecule has 1 atom stereocenters. The van der Waals surface area contributed by atoms with Crippen molar-refractivity contribution in [3.63, 3.8) is 0 Å². The Labute approximate surface area is 97.0 Å². The summed E-state index contributed by atoms with van der Waals surface area (Å²) in [6.07, 6.45) is 9.19. The minimum Gasteiger partial charge on any atom is -0.378 e. The Morgan fingerprint density at radius 3 is 3.19 bits per heavy atom. The van der Waals surface area contributed by atoms with E-state index in [4.69, 9.17) is 4.74 Å². The maximum atomic E-state index is 5.57. The summed E-state index contributed by atoms with van der Waals surface area (Å²) in [5.41, 5.74) is 1.30. The van der Waals surface area contributed by atoms with Crippen LogP contribution in [0, 0.1) is 0 Å². The van der Waals surface area contributed by atoms with E-state index in [1.165, 1.54) is 18.4 Å². The Kier molecular flexibility index (Phi) is 4.36. The van der Waals surface area contributed by atoms with Crippen LogP contribution < -0.4 is 5.32 Å². The number of aryl methyl sites for hydroxylation is 1. The second kappa shape index (κ2) is 6.01. The van der Waals surface area contributed by atoms with Crippen LogP contribution in [0.5, 0.6) is 0 Å². The van der Waals surface area contributed by atoms with E-state index in [2.05, 4.69) is 16.6 Å². The fourth-order valence-corrected chi connectivity index (χ4v) is 2.09. The third-order valence-electron chi connectivity index (χ3n) is 3.02. The van der Waals surface area contributed by atoms with Crippen LogP contribution >= 0.6 is 0 Å². The van der Waals surface area contributed by atoms with Gasteiger partial charge in [-0.15, -0.1) is 0 Å². The minimum atomic E-state index is 0.505. The van der Waals surface area contributed by atoms with E-state index in [0.29, 0.717) is 6.10 Å². The molecule has 0 aliphatic carbocycles. The van der Waals surface area contributed by atoms with Crippen molar-refractivity contribution in [2.24, 2.45) is 7.05 Å². The zero-order valence-corrected chi connectivity index (χ0v) is 9.98. The van der Waals surface area contributed by atoms with Gasteiger partial charge in [-0.2, -0.15) is 5.10 Å². The summed E-state index contributed by atoms with van der Waals surface area (Å²) >= 11 is 0. The molecule has 90 valence electrons. The predicted octanol–water partition coefficient (Wildman–Crippen LogP) is 1.12. The predicted molar refractivity (Wildman–Crippen MR) is 63.4 cm³/mol. The van der Waals surface area contributed by atoms with Crippen molar-refractivity contribution >= 4 is 0 Å². The Hall–Kier alpha value is -0.870. The molecule has 0 aromatic carbocycles. The zero-order chi connectivity index (χ0) is 11.2. The van der Waals surface area contributed by atoms with Crippen LogP contribution in [0.2, 0.25) is 0 Å².